The lowest BCUT2D eigenvalue weighted by Gasteiger charge is -2.32. The van der Waals surface area contributed by atoms with Crippen LogP contribution in [0.3, 0.4) is 0 Å². The normalized spacial score (nSPS) is 20.3. The SMILES string of the molecule is CC(C)C(=O)O[C@H]1[C@H](n2ccc3c(NC(=O)OCc4ccccc4)ncnc32)[C@H]2C[C@@]2(CCc2ccc3nc(NC(=O)OCc4ccccc4)ccc3c2)[C@H]1OC(=O)C(C)C. The number of carbonyl (C=O) groups is 4. The summed E-state index contributed by atoms with van der Waals surface area (Å²) in [5.74, 6) is -0.963. The number of benzene rings is 3. The van der Waals surface area contributed by atoms with Crippen molar-refractivity contribution in [1.82, 2.24) is 19.5 Å². The van der Waals surface area contributed by atoms with Gasteiger partial charge in [-0.2, -0.15) is 0 Å². The highest BCUT2D eigenvalue weighted by molar-refractivity contribution is 5.96. The first kappa shape index (κ1) is 40.9. The maximum Gasteiger partial charge on any atom is 0.413 e. The number of rotatable bonds is 14. The van der Waals surface area contributed by atoms with Gasteiger partial charge >= 0.3 is 24.1 Å². The van der Waals surface area contributed by atoms with E-state index in [1.54, 1.807) is 33.8 Å². The van der Waals surface area contributed by atoms with Crippen molar-refractivity contribution in [3.63, 3.8) is 0 Å². The summed E-state index contributed by atoms with van der Waals surface area (Å²) in [5.41, 5.74) is 3.52. The number of aromatic nitrogens is 4. The summed E-state index contributed by atoms with van der Waals surface area (Å²) >= 11 is 0. The first-order valence-corrected chi connectivity index (χ1v) is 20.6. The number of amides is 2. The number of hydrogen-bond donors (Lipinski definition) is 2. The number of hydrogen-bond acceptors (Lipinski definition) is 11. The Morgan fingerprint density at radius 3 is 2.08 bits per heavy atom. The molecule has 3 aromatic heterocycles. The molecular formula is C47H48N6O8. The Morgan fingerprint density at radius 2 is 1.41 bits per heavy atom. The number of esters is 2. The van der Waals surface area contributed by atoms with Crippen LogP contribution in [-0.2, 0) is 48.2 Å². The predicted molar refractivity (Wildman–Crippen MR) is 227 cm³/mol. The van der Waals surface area contributed by atoms with Crippen LogP contribution in [0.5, 0.6) is 0 Å². The molecule has 3 heterocycles. The lowest BCUT2D eigenvalue weighted by atomic mass is 9.90. The topological polar surface area (TPSA) is 173 Å². The van der Waals surface area contributed by atoms with Crippen molar-refractivity contribution in [2.45, 2.75) is 78.4 Å². The molecule has 0 aliphatic heterocycles. The monoisotopic (exact) mass is 824 g/mol. The molecule has 6 aromatic rings. The van der Waals surface area contributed by atoms with Crippen LogP contribution in [0.1, 0.15) is 63.3 Å². The van der Waals surface area contributed by atoms with Crippen molar-refractivity contribution in [2.24, 2.45) is 23.2 Å². The van der Waals surface area contributed by atoms with Gasteiger partial charge in [0.2, 0.25) is 0 Å². The summed E-state index contributed by atoms with van der Waals surface area (Å²) in [6.45, 7) is 7.36. The van der Waals surface area contributed by atoms with Crippen molar-refractivity contribution in [1.29, 1.82) is 0 Å². The maximum atomic E-state index is 13.4. The van der Waals surface area contributed by atoms with Gasteiger partial charge in [0.15, 0.2) is 6.10 Å². The van der Waals surface area contributed by atoms with E-state index in [2.05, 4.69) is 31.7 Å². The van der Waals surface area contributed by atoms with E-state index in [1.807, 2.05) is 95.7 Å². The maximum absolute atomic E-state index is 13.4. The van der Waals surface area contributed by atoms with Crippen molar-refractivity contribution in [3.05, 3.63) is 126 Å². The molecule has 61 heavy (non-hydrogen) atoms. The number of carbonyl (C=O) groups excluding carboxylic acids is 4. The molecule has 0 radical (unpaired) electrons. The van der Waals surface area contributed by atoms with E-state index in [0.29, 0.717) is 35.2 Å². The molecule has 2 aliphatic carbocycles. The van der Waals surface area contributed by atoms with Crippen LogP contribution in [-0.4, -0.2) is 55.9 Å². The summed E-state index contributed by atoms with van der Waals surface area (Å²) in [5, 5.41) is 6.94. The molecule has 2 fully saturated rings. The molecule has 5 atom stereocenters. The number of pyridine rings is 1. The zero-order valence-electron chi connectivity index (χ0n) is 34.4. The Balaban J connectivity index is 1.03. The summed E-state index contributed by atoms with van der Waals surface area (Å²) in [7, 11) is 0. The number of nitrogens with one attached hydrogen (secondary N) is 2. The summed E-state index contributed by atoms with van der Waals surface area (Å²) < 4.78 is 25.5. The Kier molecular flexibility index (Phi) is 11.7. The third-order valence-corrected chi connectivity index (χ3v) is 11.6. The van der Waals surface area contributed by atoms with Crippen molar-refractivity contribution in [3.8, 4) is 0 Å². The van der Waals surface area contributed by atoms with Gasteiger partial charge in [-0.1, -0.05) is 94.4 Å². The fraction of sp³-hybridized carbons (Fsp3) is 0.340. The Morgan fingerprint density at radius 1 is 0.754 bits per heavy atom. The minimum Gasteiger partial charge on any atom is -0.458 e. The van der Waals surface area contributed by atoms with Gasteiger partial charge in [0, 0.05) is 17.0 Å². The minimum atomic E-state index is -0.805. The second-order valence-corrected chi connectivity index (χ2v) is 16.4. The first-order valence-electron chi connectivity index (χ1n) is 20.6. The van der Waals surface area contributed by atoms with Crippen LogP contribution in [0.15, 0.2) is 110 Å². The highest BCUT2D eigenvalue weighted by Gasteiger charge is 2.74. The predicted octanol–water partition coefficient (Wildman–Crippen LogP) is 8.81. The average molecular weight is 825 g/mol. The van der Waals surface area contributed by atoms with E-state index in [1.165, 1.54) is 6.33 Å². The molecule has 2 N–H and O–H groups in total. The molecule has 0 spiro atoms. The molecule has 0 unspecified atom stereocenters. The second kappa shape index (κ2) is 17.4. The van der Waals surface area contributed by atoms with Gasteiger partial charge in [-0.15, -0.1) is 0 Å². The zero-order chi connectivity index (χ0) is 42.7. The molecule has 0 bridgehead atoms. The third kappa shape index (κ3) is 8.89. The lowest BCUT2D eigenvalue weighted by molar-refractivity contribution is -0.177. The van der Waals surface area contributed by atoms with Crippen molar-refractivity contribution < 1.29 is 38.1 Å². The van der Waals surface area contributed by atoms with Crippen LogP contribution in [0, 0.1) is 23.2 Å². The summed E-state index contributed by atoms with van der Waals surface area (Å²) in [6.07, 6.45) is 2.49. The molecule has 3 aromatic carbocycles. The number of aryl methyl sites for hydroxylation is 1. The first-order chi connectivity index (χ1) is 29.5. The molecule has 314 valence electrons. The molecule has 14 heteroatoms. The Hall–Kier alpha value is -6.83. The molecule has 2 aliphatic rings. The molecule has 14 nitrogen and oxygen atoms in total. The van der Waals surface area contributed by atoms with Gasteiger partial charge < -0.3 is 23.5 Å². The molecule has 2 saturated carbocycles. The van der Waals surface area contributed by atoms with Crippen molar-refractivity contribution >= 4 is 57.7 Å². The van der Waals surface area contributed by atoms with Gasteiger partial charge in [-0.05, 0) is 72.2 Å². The van der Waals surface area contributed by atoms with E-state index in [0.717, 1.165) is 28.5 Å². The largest absolute Gasteiger partial charge is 0.458 e. The smallest absolute Gasteiger partial charge is 0.413 e. The van der Waals surface area contributed by atoms with Gasteiger partial charge in [0.1, 0.15) is 42.9 Å². The number of fused-ring (bicyclic) bond motifs is 3. The zero-order valence-corrected chi connectivity index (χ0v) is 34.4. The quantitative estimate of drug-likeness (QED) is 0.0794. The highest BCUT2D eigenvalue weighted by Crippen LogP contribution is 2.71. The van der Waals surface area contributed by atoms with E-state index >= 15 is 0 Å². The fourth-order valence-electron chi connectivity index (χ4n) is 8.31. The van der Waals surface area contributed by atoms with Gasteiger partial charge in [0.25, 0.3) is 0 Å². The van der Waals surface area contributed by atoms with E-state index < -0.39 is 53.7 Å². The van der Waals surface area contributed by atoms with E-state index in [9.17, 15) is 19.2 Å². The van der Waals surface area contributed by atoms with Crippen LogP contribution < -0.4 is 10.6 Å². The molecular weight excluding hydrogens is 777 g/mol. The summed E-state index contributed by atoms with van der Waals surface area (Å²) in [6, 6.07) is 29.8. The van der Waals surface area contributed by atoms with Gasteiger partial charge in [0.05, 0.1) is 28.8 Å². The van der Waals surface area contributed by atoms with Crippen molar-refractivity contribution in [2.75, 3.05) is 10.6 Å². The molecule has 8 rings (SSSR count). The number of anilines is 2. The van der Waals surface area contributed by atoms with Crippen LogP contribution in [0.4, 0.5) is 21.2 Å². The molecule has 0 saturated heterocycles. The minimum absolute atomic E-state index is 0.0300. The Labute approximate surface area is 353 Å². The standard InChI is InChI=1S/C47H48N6O8/c1-28(2)43(54)60-39-38(53-22-20-34-41(48-27-49-42(34)53)52-46(57)59-26-32-13-9-6-10-14-32)35-24-47(35,40(39)61-44(55)29(3)4)21-19-30-15-17-36-33(23-30)16-18-37(50-36)51-45(56)58-25-31-11-7-5-8-12-31/h5-18,20,22-23,27-29,35,38-40H,19,21,24-26H2,1-4H3,(H,50,51,56)(H,48,49,52,57)/t35-,38-,39+,40+,47-/m1/s1. The molecule has 2 amide bonds. The third-order valence-electron chi connectivity index (χ3n) is 11.6. The fourth-order valence-corrected chi connectivity index (χ4v) is 8.31. The average Bonchev–Trinajstić information content (AvgIpc) is 3.73. The highest BCUT2D eigenvalue weighted by atomic mass is 16.6. The number of ether oxygens (including phenoxy) is 4. The Bertz CT molecular complexity index is 2560. The van der Waals surface area contributed by atoms with Crippen LogP contribution >= 0.6 is 0 Å². The van der Waals surface area contributed by atoms with Crippen LogP contribution in [0.2, 0.25) is 0 Å². The van der Waals surface area contributed by atoms with Gasteiger partial charge in [-0.3, -0.25) is 20.2 Å². The van der Waals surface area contributed by atoms with Crippen LogP contribution in [0.25, 0.3) is 21.9 Å². The lowest BCUT2D eigenvalue weighted by Crippen LogP contribution is -2.42. The number of nitrogens with zero attached hydrogens (tertiary/aromatic N) is 4. The summed E-state index contributed by atoms with van der Waals surface area (Å²) in [4.78, 5) is 65.8. The van der Waals surface area contributed by atoms with Gasteiger partial charge in [-0.25, -0.2) is 24.5 Å². The van der Waals surface area contributed by atoms with E-state index in [4.69, 9.17) is 18.9 Å². The van der Waals surface area contributed by atoms with E-state index in [-0.39, 0.29) is 30.9 Å². The second-order valence-electron chi connectivity index (χ2n) is 16.4.